The van der Waals surface area contributed by atoms with Crippen LogP contribution >= 0.6 is 0 Å². The minimum Gasteiger partial charge on any atom is -0.374 e. The summed E-state index contributed by atoms with van der Waals surface area (Å²) in [6.07, 6.45) is -0.00485. The molecule has 0 radical (unpaired) electrons. The Morgan fingerprint density at radius 1 is 1.23 bits per heavy atom. The van der Waals surface area contributed by atoms with Gasteiger partial charge in [-0.1, -0.05) is 0 Å². The van der Waals surface area contributed by atoms with Gasteiger partial charge in [0.2, 0.25) is 0 Å². The average molecular weight is 207 g/mol. The summed E-state index contributed by atoms with van der Waals surface area (Å²) in [7, 11) is -2.41. The van der Waals surface area contributed by atoms with Gasteiger partial charge in [0.1, 0.15) is 0 Å². The summed E-state index contributed by atoms with van der Waals surface area (Å²) in [4.78, 5) is 0. The topological polar surface area (TPSA) is 53.7 Å². The molecule has 0 aromatic heterocycles. The lowest BCUT2D eigenvalue weighted by molar-refractivity contribution is 0.0473. The second-order valence-electron chi connectivity index (χ2n) is 2.89. The van der Waals surface area contributed by atoms with E-state index in [0.29, 0.717) is 19.8 Å². The molecule has 0 spiro atoms. The van der Waals surface area contributed by atoms with Gasteiger partial charge in [0.05, 0.1) is 6.10 Å². The molecule has 0 saturated heterocycles. The fourth-order valence-electron chi connectivity index (χ4n) is 1.05. The van der Waals surface area contributed by atoms with Crippen molar-refractivity contribution in [3.8, 4) is 0 Å². The molecule has 0 aliphatic heterocycles. The van der Waals surface area contributed by atoms with Crippen LogP contribution in [0.1, 0.15) is 20.8 Å². The zero-order valence-corrected chi connectivity index (χ0v) is 10.0. The van der Waals surface area contributed by atoms with Crippen LogP contribution in [0, 0.1) is 0 Å². The lowest BCUT2D eigenvalue weighted by atomic mass is 10.4. The van der Waals surface area contributed by atoms with E-state index in [-0.39, 0.29) is 6.10 Å². The van der Waals surface area contributed by atoms with Crippen molar-refractivity contribution < 1.29 is 13.3 Å². The third kappa shape index (κ3) is 5.38. The van der Waals surface area contributed by atoms with E-state index in [1.807, 2.05) is 27.3 Å². The van der Waals surface area contributed by atoms with Crippen molar-refractivity contribution in [1.29, 1.82) is 0 Å². The van der Waals surface area contributed by atoms with Crippen LogP contribution in [0.2, 0.25) is 6.55 Å². The Kier molecular flexibility index (Phi) is 6.53. The van der Waals surface area contributed by atoms with Crippen LogP contribution in [0.25, 0.3) is 0 Å². The molecular weight excluding hydrogens is 186 g/mol. The van der Waals surface area contributed by atoms with E-state index in [0.717, 1.165) is 0 Å². The maximum atomic E-state index is 5.64. The van der Waals surface area contributed by atoms with Crippen LogP contribution in [0.3, 0.4) is 0 Å². The summed E-state index contributed by atoms with van der Waals surface area (Å²) in [5.74, 6) is 0. The van der Waals surface area contributed by atoms with Gasteiger partial charge in [0.25, 0.3) is 0 Å². The van der Waals surface area contributed by atoms with E-state index in [9.17, 15) is 0 Å². The lowest BCUT2D eigenvalue weighted by Gasteiger charge is -2.27. The van der Waals surface area contributed by atoms with Gasteiger partial charge >= 0.3 is 8.80 Å². The van der Waals surface area contributed by atoms with E-state index >= 15 is 0 Å². The largest absolute Gasteiger partial charge is 0.497 e. The number of hydrogen-bond acceptors (Lipinski definition) is 4. The highest BCUT2D eigenvalue weighted by atomic mass is 28.4. The Hall–Kier alpha value is 0.0569. The number of nitrogens with two attached hydrogens (primary N) is 1. The van der Waals surface area contributed by atoms with E-state index in [1.54, 1.807) is 0 Å². The summed E-state index contributed by atoms with van der Waals surface area (Å²) in [5.41, 5.74) is 5.46. The molecule has 0 bridgehead atoms. The predicted octanol–water partition coefficient (Wildman–Crippen LogP) is 0.992. The van der Waals surface area contributed by atoms with Crippen molar-refractivity contribution in [2.24, 2.45) is 5.73 Å². The second kappa shape index (κ2) is 6.50. The predicted molar refractivity (Wildman–Crippen MR) is 54.5 cm³/mol. The molecule has 0 aliphatic rings. The van der Waals surface area contributed by atoms with Crippen molar-refractivity contribution >= 4 is 8.80 Å². The number of rotatable bonds is 7. The summed E-state index contributed by atoms with van der Waals surface area (Å²) in [6, 6.07) is 0. The van der Waals surface area contributed by atoms with Gasteiger partial charge in [-0.05, 0) is 20.8 Å². The van der Waals surface area contributed by atoms with Gasteiger partial charge in [-0.25, -0.2) is 0 Å². The zero-order chi connectivity index (χ0) is 10.3. The quantitative estimate of drug-likeness (QED) is 0.633. The molecule has 0 saturated carbocycles. The van der Waals surface area contributed by atoms with Crippen LogP contribution in [0.5, 0.6) is 0 Å². The highest BCUT2D eigenvalue weighted by Crippen LogP contribution is 2.11. The van der Waals surface area contributed by atoms with Crippen LogP contribution in [0.15, 0.2) is 0 Å². The maximum absolute atomic E-state index is 5.64. The van der Waals surface area contributed by atoms with Gasteiger partial charge in [-0.3, -0.25) is 0 Å². The van der Waals surface area contributed by atoms with E-state index in [2.05, 4.69) is 0 Å². The van der Waals surface area contributed by atoms with E-state index < -0.39 is 8.80 Å². The molecule has 2 N–H and O–H groups in total. The van der Waals surface area contributed by atoms with Crippen LogP contribution < -0.4 is 5.73 Å². The molecule has 0 fully saturated rings. The van der Waals surface area contributed by atoms with Crippen LogP contribution in [0.4, 0.5) is 0 Å². The molecule has 1 atom stereocenters. The first-order chi connectivity index (χ1) is 6.08. The summed E-state index contributed by atoms with van der Waals surface area (Å²) < 4.78 is 16.6. The van der Waals surface area contributed by atoms with Crippen LogP contribution in [-0.4, -0.2) is 34.7 Å². The fraction of sp³-hybridized carbons (Fsp3) is 1.00. The van der Waals surface area contributed by atoms with Gasteiger partial charge in [0.15, 0.2) is 0 Å². The molecule has 0 aliphatic carbocycles. The summed E-state index contributed by atoms with van der Waals surface area (Å²) in [5, 5.41) is 0. The zero-order valence-electron chi connectivity index (χ0n) is 9.00. The third-order valence-electron chi connectivity index (χ3n) is 1.56. The van der Waals surface area contributed by atoms with Crippen molar-refractivity contribution in [2.45, 2.75) is 33.4 Å². The molecule has 13 heavy (non-hydrogen) atoms. The Labute approximate surface area is 81.7 Å². The van der Waals surface area contributed by atoms with Gasteiger partial charge in [-0.15, -0.1) is 0 Å². The monoisotopic (exact) mass is 207 g/mol. The molecular formula is C8H21NO3Si. The average Bonchev–Trinajstić information content (AvgIpc) is 2.04. The Morgan fingerprint density at radius 3 is 2.00 bits per heavy atom. The molecule has 0 amide bonds. The summed E-state index contributed by atoms with van der Waals surface area (Å²) >= 11 is 0. The highest BCUT2D eigenvalue weighted by molar-refractivity contribution is 6.59. The number of hydrogen-bond donors (Lipinski definition) is 1. The Balaban J connectivity index is 4.05. The van der Waals surface area contributed by atoms with Gasteiger partial charge in [0, 0.05) is 26.3 Å². The van der Waals surface area contributed by atoms with Crippen LogP contribution in [-0.2, 0) is 13.3 Å². The van der Waals surface area contributed by atoms with Crippen molar-refractivity contribution in [2.75, 3.05) is 19.8 Å². The van der Waals surface area contributed by atoms with Gasteiger partial charge < -0.3 is 19.0 Å². The highest BCUT2D eigenvalue weighted by Gasteiger charge is 2.35. The van der Waals surface area contributed by atoms with Gasteiger partial charge in [-0.2, -0.15) is 0 Å². The molecule has 1 unspecified atom stereocenters. The first-order valence-corrected chi connectivity index (χ1v) is 6.96. The Bertz CT molecular complexity index is 129. The fourth-order valence-corrected chi connectivity index (χ4v) is 3.14. The van der Waals surface area contributed by atoms with E-state index in [4.69, 9.17) is 19.0 Å². The summed E-state index contributed by atoms with van der Waals surface area (Å²) in [6.45, 7) is 9.39. The minimum atomic E-state index is -2.41. The molecule has 0 rings (SSSR count). The third-order valence-corrected chi connectivity index (χ3v) is 4.02. The standard InChI is InChI=1S/C8H21NO3Si/c1-5-10-13(4,11-6-2)12-8(3)7-9/h8H,5-7,9H2,1-4H3. The smallest absolute Gasteiger partial charge is 0.374 e. The molecule has 0 aromatic rings. The normalized spacial score (nSPS) is 14.5. The SMILES string of the molecule is CCO[Si](C)(OCC)OC(C)CN. The molecule has 5 heteroatoms. The van der Waals surface area contributed by atoms with Crippen molar-refractivity contribution in [3.05, 3.63) is 0 Å². The molecule has 80 valence electrons. The molecule has 0 heterocycles. The molecule has 4 nitrogen and oxygen atoms in total. The second-order valence-corrected chi connectivity index (χ2v) is 5.43. The maximum Gasteiger partial charge on any atom is 0.497 e. The molecule has 0 aromatic carbocycles. The minimum absolute atomic E-state index is 0.00485. The first kappa shape index (κ1) is 13.1. The van der Waals surface area contributed by atoms with Crippen molar-refractivity contribution in [1.82, 2.24) is 0 Å². The lowest BCUT2D eigenvalue weighted by Crippen LogP contribution is -2.46. The van der Waals surface area contributed by atoms with Crippen molar-refractivity contribution in [3.63, 3.8) is 0 Å². The first-order valence-electron chi connectivity index (χ1n) is 4.73. The Morgan fingerprint density at radius 2 is 1.69 bits per heavy atom. The van der Waals surface area contributed by atoms with E-state index in [1.165, 1.54) is 0 Å².